The van der Waals surface area contributed by atoms with Gasteiger partial charge in [0.25, 0.3) is 0 Å². The smallest absolute Gasteiger partial charge is 0.133 e. The summed E-state index contributed by atoms with van der Waals surface area (Å²) in [5, 5.41) is 3.47. The zero-order chi connectivity index (χ0) is 13.8. The van der Waals surface area contributed by atoms with Crippen molar-refractivity contribution in [2.75, 3.05) is 43.9 Å². The number of rotatable bonds is 5. The van der Waals surface area contributed by atoms with Crippen LogP contribution in [-0.4, -0.2) is 60.7 Å². The van der Waals surface area contributed by atoms with E-state index in [0.717, 1.165) is 37.7 Å². The predicted octanol–water partition coefficient (Wildman–Crippen LogP) is 0.376. The number of nitrogens with one attached hydrogen (secondary N) is 1. The van der Waals surface area contributed by atoms with Crippen molar-refractivity contribution in [1.29, 1.82) is 0 Å². The molecule has 1 aliphatic heterocycles. The molecule has 0 aromatic carbocycles. The number of hydrogen-bond donors (Lipinski definition) is 2. The Bertz CT molecular complexity index is 408. The Labute approximate surface area is 115 Å². The first-order valence-corrected chi connectivity index (χ1v) is 6.78. The normalized spacial score (nSPS) is 21.4. The van der Waals surface area contributed by atoms with Crippen LogP contribution in [0.1, 0.15) is 13.3 Å². The van der Waals surface area contributed by atoms with Gasteiger partial charge in [0, 0.05) is 38.3 Å². The van der Waals surface area contributed by atoms with E-state index >= 15 is 0 Å². The van der Waals surface area contributed by atoms with Crippen LogP contribution in [0.2, 0.25) is 0 Å². The van der Waals surface area contributed by atoms with Crippen LogP contribution in [0.25, 0.3) is 0 Å². The van der Waals surface area contributed by atoms with Crippen LogP contribution in [0, 0.1) is 0 Å². The molecule has 1 saturated heterocycles. The molecule has 1 aromatic rings. The largest absolute Gasteiger partial charge is 0.366 e. The van der Waals surface area contributed by atoms with E-state index < -0.39 is 0 Å². The fraction of sp³-hybridized carbons (Fsp3) is 0.692. The third-order valence-electron chi connectivity index (χ3n) is 3.35. The van der Waals surface area contributed by atoms with Crippen LogP contribution in [0.3, 0.4) is 0 Å². The lowest BCUT2D eigenvalue weighted by molar-refractivity contribution is 0.414. The molecule has 1 aromatic heterocycles. The van der Waals surface area contributed by atoms with Crippen molar-refractivity contribution in [2.45, 2.75) is 25.4 Å². The van der Waals surface area contributed by atoms with Gasteiger partial charge in [-0.25, -0.2) is 9.97 Å². The first-order valence-electron chi connectivity index (χ1n) is 6.78. The van der Waals surface area contributed by atoms with Crippen molar-refractivity contribution in [1.82, 2.24) is 14.9 Å². The molecule has 19 heavy (non-hydrogen) atoms. The molecule has 6 nitrogen and oxygen atoms in total. The Balaban J connectivity index is 1.98. The Hall–Kier alpha value is -1.40. The van der Waals surface area contributed by atoms with Gasteiger partial charge in [-0.2, -0.15) is 0 Å². The Kier molecular flexibility index (Phi) is 4.55. The summed E-state index contributed by atoms with van der Waals surface area (Å²) in [5.74, 6) is 1.79. The van der Waals surface area contributed by atoms with Crippen molar-refractivity contribution >= 4 is 11.6 Å². The van der Waals surface area contributed by atoms with Gasteiger partial charge in [0.15, 0.2) is 0 Å². The second-order valence-electron chi connectivity index (χ2n) is 5.51. The topological polar surface area (TPSA) is 70.3 Å². The van der Waals surface area contributed by atoms with Gasteiger partial charge in [0.2, 0.25) is 0 Å². The molecular formula is C13H24N6. The van der Waals surface area contributed by atoms with E-state index in [1.807, 2.05) is 20.0 Å². The van der Waals surface area contributed by atoms with E-state index in [2.05, 4.69) is 32.1 Å². The summed E-state index contributed by atoms with van der Waals surface area (Å²) in [6.07, 6.45) is 2.76. The summed E-state index contributed by atoms with van der Waals surface area (Å²) < 4.78 is 0. The maximum Gasteiger partial charge on any atom is 0.133 e. The fourth-order valence-electron chi connectivity index (χ4n) is 2.42. The third-order valence-corrected chi connectivity index (χ3v) is 3.35. The van der Waals surface area contributed by atoms with Crippen molar-refractivity contribution in [3.8, 4) is 0 Å². The number of likely N-dealkylation sites (tertiary alicyclic amines) is 1. The van der Waals surface area contributed by atoms with Gasteiger partial charge in [-0.1, -0.05) is 0 Å². The molecule has 0 bridgehead atoms. The maximum atomic E-state index is 5.81. The van der Waals surface area contributed by atoms with Crippen molar-refractivity contribution in [3.63, 3.8) is 0 Å². The van der Waals surface area contributed by atoms with E-state index in [4.69, 9.17) is 5.73 Å². The number of hydrogen-bond acceptors (Lipinski definition) is 6. The molecule has 1 aliphatic rings. The van der Waals surface area contributed by atoms with Crippen LogP contribution >= 0.6 is 0 Å². The second-order valence-corrected chi connectivity index (χ2v) is 5.51. The number of anilines is 2. The minimum atomic E-state index is 0.125. The highest BCUT2D eigenvalue weighted by Gasteiger charge is 2.19. The fourth-order valence-corrected chi connectivity index (χ4v) is 2.42. The zero-order valence-electron chi connectivity index (χ0n) is 12.0. The van der Waals surface area contributed by atoms with Crippen LogP contribution in [0.5, 0.6) is 0 Å². The minimum Gasteiger partial charge on any atom is -0.366 e. The maximum absolute atomic E-state index is 5.81. The molecule has 2 unspecified atom stereocenters. The number of likely N-dealkylation sites (N-methyl/N-ethyl adjacent to an activating group) is 2. The van der Waals surface area contributed by atoms with Gasteiger partial charge in [0.1, 0.15) is 18.0 Å². The average molecular weight is 264 g/mol. The summed E-state index contributed by atoms with van der Waals surface area (Å²) in [6, 6.07) is 2.59. The summed E-state index contributed by atoms with van der Waals surface area (Å²) in [7, 11) is 4.14. The van der Waals surface area contributed by atoms with Gasteiger partial charge in [-0.3, -0.25) is 0 Å². The quantitative estimate of drug-likeness (QED) is 0.801. The minimum absolute atomic E-state index is 0.125. The van der Waals surface area contributed by atoms with Gasteiger partial charge >= 0.3 is 0 Å². The number of nitrogens with zero attached hydrogens (tertiary/aromatic N) is 4. The van der Waals surface area contributed by atoms with Crippen molar-refractivity contribution in [3.05, 3.63) is 12.4 Å². The van der Waals surface area contributed by atoms with E-state index in [1.165, 1.54) is 0 Å². The summed E-state index contributed by atoms with van der Waals surface area (Å²) in [6.45, 7) is 4.98. The monoisotopic (exact) mass is 264 g/mol. The molecule has 3 N–H and O–H groups in total. The van der Waals surface area contributed by atoms with Gasteiger partial charge in [-0.15, -0.1) is 0 Å². The van der Waals surface area contributed by atoms with Crippen molar-refractivity contribution in [2.24, 2.45) is 5.73 Å². The highest BCUT2D eigenvalue weighted by Crippen LogP contribution is 2.16. The average Bonchev–Trinajstić information content (AvgIpc) is 2.74. The molecule has 2 rings (SSSR count). The van der Waals surface area contributed by atoms with Gasteiger partial charge < -0.3 is 20.9 Å². The summed E-state index contributed by atoms with van der Waals surface area (Å²) >= 11 is 0. The molecule has 0 spiro atoms. The third kappa shape index (κ3) is 4.04. The molecule has 6 heteroatoms. The van der Waals surface area contributed by atoms with E-state index in [0.29, 0.717) is 6.04 Å². The summed E-state index contributed by atoms with van der Waals surface area (Å²) in [5.41, 5.74) is 5.81. The van der Waals surface area contributed by atoms with Gasteiger partial charge in [0.05, 0.1) is 0 Å². The molecule has 0 amide bonds. The van der Waals surface area contributed by atoms with Crippen LogP contribution in [0.4, 0.5) is 11.6 Å². The lowest BCUT2D eigenvalue weighted by atomic mass is 10.2. The zero-order valence-corrected chi connectivity index (χ0v) is 12.0. The molecule has 106 valence electrons. The van der Waals surface area contributed by atoms with Crippen LogP contribution in [0.15, 0.2) is 12.4 Å². The van der Waals surface area contributed by atoms with E-state index in [1.54, 1.807) is 6.33 Å². The van der Waals surface area contributed by atoms with E-state index in [-0.39, 0.29) is 6.04 Å². The van der Waals surface area contributed by atoms with Gasteiger partial charge in [-0.05, 0) is 26.9 Å². The molecular weight excluding hydrogens is 240 g/mol. The first-order chi connectivity index (χ1) is 9.04. The Morgan fingerprint density at radius 1 is 1.58 bits per heavy atom. The Morgan fingerprint density at radius 3 is 3.00 bits per heavy atom. The summed E-state index contributed by atoms with van der Waals surface area (Å²) in [4.78, 5) is 13.0. The van der Waals surface area contributed by atoms with Crippen LogP contribution in [-0.2, 0) is 0 Å². The number of aromatic nitrogens is 2. The SMILES string of the molecule is CC(N)CN(C)c1cc(NC2CCN(C)C2)ncn1. The molecule has 0 aliphatic carbocycles. The molecule has 1 fully saturated rings. The second kappa shape index (κ2) is 6.16. The lowest BCUT2D eigenvalue weighted by Gasteiger charge is -2.21. The highest BCUT2D eigenvalue weighted by molar-refractivity contribution is 5.48. The first kappa shape index (κ1) is 14.0. The van der Waals surface area contributed by atoms with E-state index in [9.17, 15) is 0 Å². The molecule has 0 saturated carbocycles. The standard InChI is InChI=1S/C13H24N6/c1-10(14)7-19(3)13-6-12(15-9-16-13)17-11-4-5-18(2)8-11/h6,9-11H,4-5,7-8,14H2,1-3H3,(H,15,16,17). The van der Waals surface area contributed by atoms with Crippen LogP contribution < -0.4 is 16.0 Å². The lowest BCUT2D eigenvalue weighted by Crippen LogP contribution is -2.33. The molecule has 2 heterocycles. The Morgan fingerprint density at radius 2 is 2.37 bits per heavy atom. The number of nitrogens with two attached hydrogens (primary N) is 1. The van der Waals surface area contributed by atoms with Crippen molar-refractivity contribution < 1.29 is 0 Å². The molecule has 0 radical (unpaired) electrons. The molecule has 2 atom stereocenters. The highest BCUT2D eigenvalue weighted by atomic mass is 15.2. The predicted molar refractivity (Wildman–Crippen MR) is 78.5 cm³/mol.